The molecule has 124 valence electrons. The van der Waals surface area contributed by atoms with Crippen molar-refractivity contribution in [2.45, 2.75) is 5.03 Å². The lowest BCUT2D eigenvalue weighted by Crippen LogP contribution is -2.14. The molecule has 0 atom stereocenters. The van der Waals surface area contributed by atoms with Gasteiger partial charge in [0.05, 0.1) is 20.6 Å². The van der Waals surface area contributed by atoms with Crippen LogP contribution in [-0.2, 0) is 4.79 Å². The number of aromatic nitrogens is 1. The molecule has 2 rings (SSSR count). The molecule has 1 N–H and O–H groups in total. The number of benzene rings is 1. The first kappa shape index (κ1) is 17.6. The van der Waals surface area contributed by atoms with E-state index in [0.29, 0.717) is 5.03 Å². The van der Waals surface area contributed by atoms with E-state index in [1.807, 2.05) is 0 Å². The van der Waals surface area contributed by atoms with E-state index in [1.165, 1.54) is 24.3 Å². The summed E-state index contributed by atoms with van der Waals surface area (Å²) in [6.45, 7) is 0. The van der Waals surface area contributed by atoms with Gasteiger partial charge in [0.2, 0.25) is 5.91 Å². The van der Waals surface area contributed by atoms with Crippen LogP contribution in [0.3, 0.4) is 0 Å². The number of rotatable bonds is 6. The smallest absolute Gasteiger partial charge is 0.289 e. The Hall–Kier alpha value is -2.72. The van der Waals surface area contributed by atoms with Gasteiger partial charge in [0.25, 0.3) is 11.4 Å². The summed E-state index contributed by atoms with van der Waals surface area (Å²) in [6.07, 6.45) is 1.10. The summed E-state index contributed by atoms with van der Waals surface area (Å²) in [7, 11) is 0. The minimum atomic E-state index is -0.645. The zero-order valence-electron chi connectivity index (χ0n) is 11.8. The molecule has 1 amide bonds. The summed E-state index contributed by atoms with van der Waals surface area (Å²) in [6, 6.07) is 6.65. The molecule has 0 bridgehead atoms. The number of nitrogens with one attached hydrogen (secondary N) is 1. The Kier molecular flexibility index (Phi) is 5.66. The lowest BCUT2D eigenvalue weighted by molar-refractivity contribution is -0.385. The quantitative estimate of drug-likeness (QED) is 0.470. The van der Waals surface area contributed by atoms with Crippen molar-refractivity contribution in [3.63, 3.8) is 0 Å². The highest BCUT2D eigenvalue weighted by molar-refractivity contribution is 7.99. The molecule has 0 saturated carbocycles. The van der Waals surface area contributed by atoms with Crippen molar-refractivity contribution < 1.29 is 14.6 Å². The Bertz CT molecular complexity index is 799. The number of amides is 1. The van der Waals surface area contributed by atoms with Crippen LogP contribution in [0, 0.1) is 20.2 Å². The summed E-state index contributed by atoms with van der Waals surface area (Å²) in [5, 5.41) is 24.2. The number of nitro benzene ring substituents is 1. The van der Waals surface area contributed by atoms with Crippen LogP contribution in [0.5, 0.6) is 0 Å². The standard InChI is InChI=1S/C13H9ClN4O5S/c14-10-3-1-8(5-11(10)18(22)23)16-12(19)7-24-13-4-2-9(6-15-13)17(20)21/h1-6H,7H2,(H,16,19). The second kappa shape index (κ2) is 7.70. The first-order chi connectivity index (χ1) is 11.4. The van der Waals surface area contributed by atoms with Crippen molar-refractivity contribution in [3.05, 3.63) is 61.8 Å². The van der Waals surface area contributed by atoms with Gasteiger partial charge in [-0.05, 0) is 18.2 Å². The average molecular weight is 369 g/mol. The lowest BCUT2D eigenvalue weighted by atomic mass is 10.3. The monoisotopic (exact) mass is 368 g/mol. The molecule has 0 saturated heterocycles. The first-order valence-electron chi connectivity index (χ1n) is 6.34. The van der Waals surface area contributed by atoms with E-state index in [-0.39, 0.29) is 27.8 Å². The molecule has 1 aromatic heterocycles. The molecular weight excluding hydrogens is 360 g/mol. The Morgan fingerprint density at radius 1 is 1.21 bits per heavy atom. The third-order valence-electron chi connectivity index (χ3n) is 2.71. The number of carbonyl (C=O) groups excluding carboxylic acids is 1. The number of hydrogen-bond donors (Lipinski definition) is 1. The summed E-state index contributed by atoms with van der Waals surface area (Å²) in [5.41, 5.74) is -0.204. The fourth-order valence-corrected chi connectivity index (χ4v) is 2.46. The van der Waals surface area contributed by atoms with E-state index in [1.54, 1.807) is 0 Å². The van der Waals surface area contributed by atoms with E-state index in [4.69, 9.17) is 11.6 Å². The van der Waals surface area contributed by atoms with Gasteiger partial charge in [0, 0.05) is 17.8 Å². The third kappa shape index (κ3) is 4.64. The van der Waals surface area contributed by atoms with Gasteiger partial charge >= 0.3 is 0 Å². The van der Waals surface area contributed by atoms with Crippen LogP contribution in [0.2, 0.25) is 5.02 Å². The molecule has 0 unspecified atom stereocenters. The number of pyridine rings is 1. The normalized spacial score (nSPS) is 10.2. The van der Waals surface area contributed by atoms with Crippen LogP contribution >= 0.6 is 23.4 Å². The zero-order valence-corrected chi connectivity index (χ0v) is 13.4. The number of nitro groups is 2. The van der Waals surface area contributed by atoms with E-state index >= 15 is 0 Å². The van der Waals surface area contributed by atoms with Gasteiger partial charge in [-0.1, -0.05) is 23.4 Å². The van der Waals surface area contributed by atoms with Crippen molar-refractivity contribution in [3.8, 4) is 0 Å². The number of nitrogens with zero attached hydrogens (tertiary/aromatic N) is 3. The molecule has 11 heteroatoms. The molecule has 24 heavy (non-hydrogen) atoms. The fraction of sp³-hybridized carbons (Fsp3) is 0.0769. The van der Waals surface area contributed by atoms with Crippen molar-refractivity contribution >= 4 is 46.3 Å². The van der Waals surface area contributed by atoms with Gasteiger partial charge in [-0.25, -0.2) is 4.98 Å². The lowest BCUT2D eigenvalue weighted by Gasteiger charge is -2.05. The fourth-order valence-electron chi connectivity index (χ4n) is 1.63. The number of carbonyl (C=O) groups is 1. The maximum absolute atomic E-state index is 11.9. The number of thioether (sulfide) groups is 1. The SMILES string of the molecule is O=C(CSc1ccc([N+](=O)[O-])cn1)Nc1ccc(Cl)c([N+](=O)[O-])c1. The highest BCUT2D eigenvalue weighted by Gasteiger charge is 2.14. The average Bonchev–Trinajstić information content (AvgIpc) is 2.55. The molecule has 9 nitrogen and oxygen atoms in total. The maximum atomic E-state index is 11.9. The third-order valence-corrected chi connectivity index (χ3v) is 3.97. The van der Waals surface area contributed by atoms with E-state index < -0.39 is 15.8 Å². The summed E-state index contributed by atoms with van der Waals surface area (Å²) in [5.74, 6) is -0.418. The van der Waals surface area contributed by atoms with Crippen molar-refractivity contribution in [1.82, 2.24) is 4.98 Å². The van der Waals surface area contributed by atoms with Crippen LogP contribution < -0.4 is 5.32 Å². The Balaban J connectivity index is 1.95. The van der Waals surface area contributed by atoms with Gasteiger partial charge in [0.15, 0.2) is 0 Å². The van der Waals surface area contributed by atoms with Crippen LogP contribution in [0.1, 0.15) is 0 Å². The molecule has 2 aromatic rings. The first-order valence-corrected chi connectivity index (χ1v) is 7.70. The van der Waals surface area contributed by atoms with Crippen molar-refractivity contribution in [1.29, 1.82) is 0 Å². The van der Waals surface area contributed by atoms with E-state index in [9.17, 15) is 25.0 Å². The van der Waals surface area contributed by atoms with Crippen LogP contribution in [0.25, 0.3) is 0 Å². The molecule has 1 aromatic carbocycles. The second-order valence-corrected chi connectivity index (χ2v) is 5.77. The number of anilines is 1. The minimum absolute atomic E-state index is 0.0127. The molecule has 0 fully saturated rings. The van der Waals surface area contributed by atoms with Gasteiger partial charge < -0.3 is 5.32 Å². The van der Waals surface area contributed by atoms with Crippen molar-refractivity contribution in [2.75, 3.05) is 11.1 Å². The van der Waals surface area contributed by atoms with Crippen LogP contribution in [0.15, 0.2) is 41.6 Å². The topological polar surface area (TPSA) is 128 Å². The summed E-state index contributed by atoms with van der Waals surface area (Å²) in [4.78, 5) is 35.8. The molecule has 0 aliphatic heterocycles. The predicted molar refractivity (Wildman–Crippen MR) is 88.4 cm³/mol. The predicted octanol–water partition coefficient (Wildman–Crippen LogP) is 3.28. The van der Waals surface area contributed by atoms with Crippen LogP contribution in [0.4, 0.5) is 17.1 Å². The van der Waals surface area contributed by atoms with Gasteiger partial charge in [-0.2, -0.15) is 0 Å². The van der Waals surface area contributed by atoms with Gasteiger partial charge in [0.1, 0.15) is 11.2 Å². The summed E-state index contributed by atoms with van der Waals surface area (Å²) < 4.78 is 0. The van der Waals surface area contributed by atoms with Gasteiger partial charge in [-0.15, -0.1) is 0 Å². The van der Waals surface area contributed by atoms with E-state index in [2.05, 4.69) is 10.3 Å². The Morgan fingerprint density at radius 3 is 2.54 bits per heavy atom. The zero-order chi connectivity index (χ0) is 17.7. The highest BCUT2D eigenvalue weighted by atomic mass is 35.5. The number of halogens is 1. The molecule has 0 aliphatic rings. The largest absolute Gasteiger partial charge is 0.325 e. The molecule has 0 spiro atoms. The molecule has 0 aliphatic carbocycles. The maximum Gasteiger partial charge on any atom is 0.289 e. The molecule has 1 heterocycles. The Labute approximate surface area is 144 Å². The highest BCUT2D eigenvalue weighted by Crippen LogP contribution is 2.27. The molecular formula is C13H9ClN4O5S. The van der Waals surface area contributed by atoms with Gasteiger partial charge in [-0.3, -0.25) is 25.0 Å². The summed E-state index contributed by atoms with van der Waals surface area (Å²) >= 11 is 6.77. The Morgan fingerprint density at radius 2 is 1.96 bits per heavy atom. The van der Waals surface area contributed by atoms with Crippen molar-refractivity contribution in [2.24, 2.45) is 0 Å². The second-order valence-electron chi connectivity index (χ2n) is 4.37. The van der Waals surface area contributed by atoms with E-state index in [0.717, 1.165) is 24.0 Å². The molecule has 0 radical (unpaired) electrons. The minimum Gasteiger partial charge on any atom is -0.325 e. The number of hydrogen-bond acceptors (Lipinski definition) is 7. The van der Waals surface area contributed by atoms with Crippen LogP contribution in [-0.4, -0.2) is 26.5 Å².